The Morgan fingerprint density at radius 1 is 0.419 bits per heavy atom. The summed E-state index contributed by atoms with van der Waals surface area (Å²) in [5.41, 5.74) is 4.37. The number of benzene rings is 2. The van der Waals surface area contributed by atoms with E-state index < -0.39 is 0 Å². The summed E-state index contributed by atoms with van der Waals surface area (Å²) in [6, 6.07) is 18.8. The molecular formula is C48H78Br4N6O4. The number of rotatable bonds is 26. The third-order valence-electron chi connectivity index (χ3n) is 9.90. The summed E-state index contributed by atoms with van der Waals surface area (Å²) in [4.78, 5) is 9.93. The molecule has 4 rings (SSSR count). The Morgan fingerprint density at radius 3 is 1.10 bits per heavy atom. The molecule has 2 aromatic carbocycles. The molecule has 352 valence electrons. The quantitative estimate of drug-likeness (QED) is 0.0481. The van der Waals surface area contributed by atoms with Crippen molar-refractivity contribution >= 4 is 11.0 Å². The van der Waals surface area contributed by atoms with Gasteiger partial charge in [0.1, 0.15) is 23.0 Å². The molecule has 0 unspecified atom stereocenters. The molecule has 0 radical (unpaired) electrons. The van der Waals surface area contributed by atoms with Crippen LogP contribution in [0.3, 0.4) is 0 Å². The molecule has 4 aromatic rings. The molecule has 14 heteroatoms. The predicted octanol–water partition coefficient (Wildman–Crippen LogP) is -3.56. The molecule has 0 aliphatic carbocycles. The van der Waals surface area contributed by atoms with E-state index in [0.717, 1.165) is 146 Å². The van der Waals surface area contributed by atoms with Crippen molar-refractivity contribution in [1.29, 1.82) is 0 Å². The number of unbranched alkanes of at least 4 members (excludes halogenated alkanes) is 4. The summed E-state index contributed by atoms with van der Waals surface area (Å²) in [6.07, 6.45) is 10.1. The Balaban J connectivity index is 0.00000930. The lowest BCUT2D eigenvalue weighted by Crippen LogP contribution is -3.00. The van der Waals surface area contributed by atoms with E-state index in [2.05, 4.69) is 126 Å². The molecule has 0 atom stereocenters. The molecule has 62 heavy (non-hydrogen) atoms. The number of hydrogen-bond acceptors (Lipinski definition) is 6. The van der Waals surface area contributed by atoms with Crippen LogP contribution in [0, 0.1) is 0 Å². The Labute approximate surface area is 417 Å². The lowest BCUT2D eigenvalue weighted by Gasteiger charge is -2.24. The fourth-order valence-corrected chi connectivity index (χ4v) is 6.73. The maximum absolute atomic E-state index is 6.47. The van der Waals surface area contributed by atoms with Crippen LogP contribution < -0.4 is 86.9 Å². The van der Waals surface area contributed by atoms with Crippen LogP contribution in [0.15, 0.2) is 60.8 Å². The molecule has 0 spiro atoms. The fourth-order valence-electron chi connectivity index (χ4n) is 6.73. The van der Waals surface area contributed by atoms with Gasteiger partial charge in [-0.2, -0.15) is 0 Å². The van der Waals surface area contributed by atoms with Crippen molar-refractivity contribution in [3.05, 3.63) is 60.8 Å². The molecule has 10 nitrogen and oxygen atoms in total. The van der Waals surface area contributed by atoms with Crippen molar-refractivity contribution in [2.45, 2.75) is 51.4 Å². The zero-order valence-electron chi connectivity index (χ0n) is 39.9. The van der Waals surface area contributed by atoms with Gasteiger partial charge in [0.2, 0.25) is 0 Å². The van der Waals surface area contributed by atoms with Crippen molar-refractivity contribution in [3.8, 4) is 45.4 Å². The van der Waals surface area contributed by atoms with E-state index in [4.69, 9.17) is 23.9 Å². The van der Waals surface area contributed by atoms with Crippen LogP contribution in [0.4, 0.5) is 0 Å². The van der Waals surface area contributed by atoms with Gasteiger partial charge >= 0.3 is 0 Å². The first-order valence-electron chi connectivity index (χ1n) is 21.5. The maximum Gasteiger partial charge on any atom is 0.159 e. The number of halogens is 4. The van der Waals surface area contributed by atoms with E-state index in [0.29, 0.717) is 32.1 Å². The molecule has 0 aliphatic heterocycles. The molecule has 0 amide bonds. The van der Waals surface area contributed by atoms with Crippen molar-refractivity contribution < 1.29 is 105 Å². The van der Waals surface area contributed by atoms with E-state index in [9.17, 15) is 0 Å². The standard InChI is InChI=1S/C48H78N6O4.4BrH/c1-51(2,3)24-13-17-28-55-42-32-40(33-43(37-42)56-29-18-14-25-52(4,5)6)46-36-39-22-21-23-49-48(39)50-47(46)41-34-44(57-30-19-15-26-53(7,8)9)38-45(35-41)58-31-20-16-27-54(10,11)12;;;;/h21-23,32-38H,13-20,24-31H2,1-12H3;4*1H/q+4;;;;/p-4. The summed E-state index contributed by atoms with van der Waals surface area (Å²) < 4.78 is 29.6. The zero-order valence-corrected chi connectivity index (χ0v) is 46.3. The smallest absolute Gasteiger partial charge is 0.159 e. The van der Waals surface area contributed by atoms with Gasteiger partial charge < -0.3 is 105 Å². The zero-order chi connectivity index (χ0) is 42.4. The van der Waals surface area contributed by atoms with Gasteiger partial charge in [0.05, 0.1) is 143 Å². The van der Waals surface area contributed by atoms with Crippen LogP contribution in [-0.2, 0) is 0 Å². The molecule has 0 N–H and O–H groups in total. The minimum Gasteiger partial charge on any atom is -1.00 e. The summed E-state index contributed by atoms with van der Waals surface area (Å²) in [7, 11) is 26.8. The van der Waals surface area contributed by atoms with Gasteiger partial charge in [-0.05, 0) is 99.4 Å². The number of aromatic nitrogens is 2. The SMILES string of the molecule is C[N+](C)(C)CCCCOc1cc(OCCCC[N+](C)(C)C)cc(-c2cc3cccnc3nc2-c2cc(OCCCC[N+](C)(C)C)cc(OCCCC[N+](C)(C)C)c2)c1.[Br-].[Br-].[Br-].[Br-]. The summed E-state index contributed by atoms with van der Waals surface area (Å²) in [5.74, 6) is 3.15. The maximum atomic E-state index is 6.47. The second kappa shape index (κ2) is 28.1. The average Bonchev–Trinajstić information content (AvgIpc) is 3.11. The highest BCUT2D eigenvalue weighted by Crippen LogP contribution is 2.39. The fraction of sp³-hybridized carbons (Fsp3) is 0.583. The van der Waals surface area contributed by atoms with Gasteiger partial charge in [0, 0.05) is 34.8 Å². The lowest BCUT2D eigenvalue weighted by atomic mass is 9.97. The largest absolute Gasteiger partial charge is 1.00 e. The molecule has 0 saturated heterocycles. The highest BCUT2D eigenvalue weighted by molar-refractivity contribution is 5.91. The summed E-state index contributed by atoms with van der Waals surface area (Å²) in [5, 5.41) is 0.967. The van der Waals surface area contributed by atoms with Gasteiger partial charge in [0.25, 0.3) is 0 Å². The first kappa shape index (κ1) is 60.0. The molecular weight excluding hydrogens is 1040 g/mol. The lowest BCUT2D eigenvalue weighted by molar-refractivity contribution is -0.870. The van der Waals surface area contributed by atoms with Crippen LogP contribution in [0.5, 0.6) is 23.0 Å². The number of nitrogens with zero attached hydrogens (tertiary/aromatic N) is 6. The second-order valence-corrected chi connectivity index (χ2v) is 20.1. The van der Waals surface area contributed by atoms with E-state index in [1.54, 1.807) is 6.20 Å². The van der Waals surface area contributed by atoms with Crippen LogP contribution in [-0.4, -0.2) is 165 Å². The van der Waals surface area contributed by atoms with Crippen LogP contribution in [0.25, 0.3) is 33.4 Å². The molecule has 2 aromatic heterocycles. The van der Waals surface area contributed by atoms with Gasteiger partial charge in [0.15, 0.2) is 5.65 Å². The Bertz CT molecular complexity index is 1660. The van der Waals surface area contributed by atoms with Crippen molar-refractivity contribution in [3.63, 3.8) is 0 Å². The van der Waals surface area contributed by atoms with Crippen LogP contribution >= 0.6 is 0 Å². The molecule has 2 heterocycles. The average molecular weight is 1120 g/mol. The number of hydrogen-bond donors (Lipinski definition) is 0. The van der Waals surface area contributed by atoms with Crippen LogP contribution in [0.1, 0.15) is 51.4 Å². The molecule has 0 saturated carbocycles. The Kier molecular flexibility index (Phi) is 27.2. The topological polar surface area (TPSA) is 62.7 Å². The molecule has 0 aliphatic rings. The van der Waals surface area contributed by atoms with Gasteiger partial charge in [-0.25, -0.2) is 9.97 Å². The van der Waals surface area contributed by atoms with Crippen molar-refractivity contribution in [1.82, 2.24) is 9.97 Å². The number of quaternary nitrogens is 4. The third-order valence-corrected chi connectivity index (χ3v) is 9.90. The number of fused-ring (bicyclic) bond motifs is 1. The third kappa shape index (κ3) is 23.8. The van der Waals surface area contributed by atoms with E-state index >= 15 is 0 Å². The monoisotopic (exact) mass is 1120 g/mol. The Morgan fingerprint density at radius 2 is 0.758 bits per heavy atom. The summed E-state index contributed by atoms with van der Waals surface area (Å²) in [6.45, 7) is 6.96. The second-order valence-electron chi connectivity index (χ2n) is 20.1. The first-order chi connectivity index (χ1) is 27.2. The van der Waals surface area contributed by atoms with E-state index in [1.807, 2.05) is 18.2 Å². The van der Waals surface area contributed by atoms with Gasteiger partial charge in [-0.1, -0.05) is 0 Å². The van der Waals surface area contributed by atoms with Crippen molar-refractivity contribution in [2.75, 3.05) is 137 Å². The van der Waals surface area contributed by atoms with E-state index in [1.165, 1.54) is 0 Å². The van der Waals surface area contributed by atoms with Gasteiger partial charge in [-0.15, -0.1) is 0 Å². The number of ether oxygens (including phenoxy) is 4. The summed E-state index contributed by atoms with van der Waals surface area (Å²) >= 11 is 0. The van der Waals surface area contributed by atoms with Crippen molar-refractivity contribution in [2.24, 2.45) is 0 Å². The predicted molar refractivity (Wildman–Crippen MR) is 241 cm³/mol. The highest BCUT2D eigenvalue weighted by Gasteiger charge is 2.18. The normalized spacial score (nSPS) is 11.7. The van der Waals surface area contributed by atoms with E-state index in [-0.39, 0.29) is 67.9 Å². The highest BCUT2D eigenvalue weighted by atomic mass is 79.9. The first-order valence-corrected chi connectivity index (χ1v) is 21.5. The minimum atomic E-state index is 0. The number of pyridine rings is 2. The Hall–Kier alpha value is -2.04. The van der Waals surface area contributed by atoms with Crippen LogP contribution in [0.2, 0.25) is 0 Å². The molecule has 0 fully saturated rings. The molecule has 0 bridgehead atoms. The van der Waals surface area contributed by atoms with Gasteiger partial charge in [-0.3, -0.25) is 0 Å². The minimum absolute atomic E-state index is 0.